The Morgan fingerprint density at radius 3 is 2.36 bits per heavy atom. The van der Waals surface area contributed by atoms with E-state index in [1.54, 1.807) is 24.3 Å². The second kappa shape index (κ2) is 4.85. The number of rotatable bonds is 2. The smallest absolute Gasteiger partial charge is 0.257 e. The van der Waals surface area contributed by atoms with Gasteiger partial charge in [-0.15, -0.1) is 0 Å². The number of nitriles is 1. The maximum atomic E-state index is 11.0. The SMILES string of the molecule is N#Cc1ccc(NC(=O)C(Cl)Cl)cc1. The van der Waals surface area contributed by atoms with Crippen molar-refractivity contribution in [2.45, 2.75) is 4.84 Å². The van der Waals surface area contributed by atoms with E-state index in [-0.39, 0.29) is 0 Å². The van der Waals surface area contributed by atoms with Crippen LogP contribution in [-0.2, 0) is 4.79 Å². The molecule has 0 aliphatic carbocycles. The van der Waals surface area contributed by atoms with Crippen molar-refractivity contribution in [2.24, 2.45) is 0 Å². The van der Waals surface area contributed by atoms with Crippen LogP contribution >= 0.6 is 23.2 Å². The third-order valence-electron chi connectivity index (χ3n) is 1.48. The number of amides is 1. The number of carbonyl (C=O) groups excluding carboxylic acids is 1. The molecule has 1 N–H and O–H groups in total. The molecule has 0 bridgehead atoms. The van der Waals surface area contributed by atoms with Crippen LogP contribution in [0, 0.1) is 11.3 Å². The summed E-state index contributed by atoms with van der Waals surface area (Å²) in [6.45, 7) is 0. The first-order valence-corrected chi connectivity index (χ1v) is 4.60. The third-order valence-corrected chi connectivity index (χ3v) is 1.88. The van der Waals surface area contributed by atoms with Crippen LogP contribution in [0.5, 0.6) is 0 Å². The number of nitrogens with zero attached hydrogens (tertiary/aromatic N) is 1. The summed E-state index contributed by atoms with van der Waals surface area (Å²) >= 11 is 10.7. The molecule has 0 spiro atoms. The molecular formula is C9H6Cl2N2O. The molecule has 5 heteroatoms. The summed E-state index contributed by atoms with van der Waals surface area (Å²) < 4.78 is 0. The summed E-state index contributed by atoms with van der Waals surface area (Å²) in [5.74, 6) is -0.488. The van der Waals surface area contributed by atoms with Gasteiger partial charge in [0, 0.05) is 5.69 Å². The molecule has 0 aliphatic rings. The molecule has 1 amide bonds. The predicted molar refractivity (Wildman–Crippen MR) is 55.3 cm³/mol. The Morgan fingerprint density at radius 2 is 1.93 bits per heavy atom. The van der Waals surface area contributed by atoms with Crippen LogP contribution in [0.3, 0.4) is 0 Å². The fourth-order valence-corrected chi connectivity index (χ4v) is 0.934. The average molecular weight is 229 g/mol. The van der Waals surface area contributed by atoms with E-state index in [9.17, 15) is 4.79 Å². The van der Waals surface area contributed by atoms with Gasteiger partial charge >= 0.3 is 0 Å². The van der Waals surface area contributed by atoms with Crippen LogP contribution in [0.1, 0.15) is 5.56 Å². The summed E-state index contributed by atoms with van der Waals surface area (Å²) in [7, 11) is 0. The summed E-state index contributed by atoms with van der Waals surface area (Å²) in [6, 6.07) is 8.35. The zero-order chi connectivity index (χ0) is 10.6. The van der Waals surface area contributed by atoms with Crippen molar-refractivity contribution in [3.63, 3.8) is 0 Å². The van der Waals surface area contributed by atoms with Crippen LogP contribution in [0.15, 0.2) is 24.3 Å². The number of halogens is 2. The number of hydrogen-bond acceptors (Lipinski definition) is 2. The quantitative estimate of drug-likeness (QED) is 0.791. The van der Waals surface area contributed by atoms with Crippen LogP contribution < -0.4 is 5.32 Å². The normalized spacial score (nSPS) is 9.57. The van der Waals surface area contributed by atoms with Crippen molar-refractivity contribution >= 4 is 34.8 Å². The summed E-state index contributed by atoms with van der Waals surface area (Å²) in [5.41, 5.74) is 1.08. The van der Waals surface area contributed by atoms with E-state index in [1.165, 1.54) is 0 Å². The van der Waals surface area contributed by atoms with E-state index in [0.717, 1.165) is 0 Å². The van der Waals surface area contributed by atoms with E-state index in [0.29, 0.717) is 11.3 Å². The molecule has 0 saturated carbocycles. The molecule has 3 nitrogen and oxygen atoms in total. The van der Waals surface area contributed by atoms with Gasteiger partial charge in [0.1, 0.15) is 0 Å². The lowest BCUT2D eigenvalue weighted by Crippen LogP contribution is -2.18. The molecule has 1 aromatic rings. The van der Waals surface area contributed by atoms with Crippen molar-refractivity contribution in [1.82, 2.24) is 0 Å². The Morgan fingerprint density at radius 1 is 1.36 bits per heavy atom. The molecule has 0 unspecified atom stereocenters. The Kier molecular flexibility index (Phi) is 3.75. The third kappa shape index (κ3) is 2.91. The van der Waals surface area contributed by atoms with Gasteiger partial charge in [-0.05, 0) is 24.3 Å². The number of nitrogens with one attached hydrogen (secondary N) is 1. The minimum absolute atomic E-state index is 0.488. The molecule has 1 aromatic carbocycles. The highest BCUT2D eigenvalue weighted by atomic mass is 35.5. The van der Waals surface area contributed by atoms with Gasteiger partial charge in [-0.25, -0.2) is 0 Å². The first-order valence-electron chi connectivity index (χ1n) is 3.72. The molecule has 14 heavy (non-hydrogen) atoms. The van der Waals surface area contributed by atoms with E-state index >= 15 is 0 Å². The standard InChI is InChI=1S/C9H6Cl2N2O/c10-8(11)9(14)13-7-3-1-6(5-12)2-4-7/h1-4,8H,(H,13,14). The highest BCUT2D eigenvalue weighted by Gasteiger charge is 2.10. The molecule has 0 fully saturated rings. The molecule has 1 rings (SSSR count). The van der Waals surface area contributed by atoms with Crippen LogP contribution in [-0.4, -0.2) is 10.7 Å². The lowest BCUT2D eigenvalue weighted by molar-refractivity contribution is -0.114. The fourth-order valence-electron chi connectivity index (χ4n) is 0.825. The molecule has 0 heterocycles. The van der Waals surface area contributed by atoms with E-state index in [1.807, 2.05) is 6.07 Å². The topological polar surface area (TPSA) is 52.9 Å². The van der Waals surface area contributed by atoms with Gasteiger partial charge in [-0.3, -0.25) is 4.79 Å². The maximum absolute atomic E-state index is 11.0. The van der Waals surface area contributed by atoms with Gasteiger partial charge in [0.05, 0.1) is 11.6 Å². The number of hydrogen-bond donors (Lipinski definition) is 1. The van der Waals surface area contributed by atoms with E-state index in [2.05, 4.69) is 5.32 Å². The van der Waals surface area contributed by atoms with Gasteiger partial charge in [0.25, 0.3) is 5.91 Å². The highest BCUT2D eigenvalue weighted by Crippen LogP contribution is 2.11. The second-order valence-corrected chi connectivity index (χ2v) is 3.58. The largest absolute Gasteiger partial charge is 0.324 e. The number of alkyl halides is 2. The molecule has 0 aliphatic heterocycles. The molecule has 0 radical (unpaired) electrons. The Bertz CT molecular complexity index is 367. The lowest BCUT2D eigenvalue weighted by Gasteiger charge is -2.04. The minimum Gasteiger partial charge on any atom is -0.324 e. The summed E-state index contributed by atoms with van der Waals surface area (Å²) in [6.07, 6.45) is 0. The molecule has 0 saturated heterocycles. The zero-order valence-corrected chi connectivity index (χ0v) is 8.51. The molecule has 0 aromatic heterocycles. The van der Waals surface area contributed by atoms with E-state index < -0.39 is 10.7 Å². The zero-order valence-electron chi connectivity index (χ0n) is 7.00. The monoisotopic (exact) mass is 228 g/mol. The first-order chi connectivity index (χ1) is 6.63. The van der Waals surface area contributed by atoms with Gasteiger partial charge in [-0.1, -0.05) is 23.2 Å². The fraction of sp³-hybridized carbons (Fsp3) is 0.111. The average Bonchev–Trinajstić information content (AvgIpc) is 2.19. The van der Waals surface area contributed by atoms with Crippen molar-refractivity contribution in [1.29, 1.82) is 5.26 Å². The number of carbonyl (C=O) groups is 1. The number of anilines is 1. The number of benzene rings is 1. The molecular weight excluding hydrogens is 223 g/mol. The maximum Gasteiger partial charge on any atom is 0.257 e. The summed E-state index contributed by atoms with van der Waals surface area (Å²) in [5, 5.41) is 11.0. The van der Waals surface area contributed by atoms with Crippen molar-refractivity contribution < 1.29 is 4.79 Å². The predicted octanol–water partition coefficient (Wildman–Crippen LogP) is 2.30. The molecule has 72 valence electrons. The highest BCUT2D eigenvalue weighted by molar-refractivity contribution is 6.54. The minimum atomic E-state index is -1.09. The van der Waals surface area contributed by atoms with Gasteiger partial charge < -0.3 is 5.32 Å². The van der Waals surface area contributed by atoms with Gasteiger partial charge in [0.2, 0.25) is 0 Å². The van der Waals surface area contributed by atoms with E-state index in [4.69, 9.17) is 28.5 Å². The molecule has 0 atom stereocenters. The van der Waals surface area contributed by atoms with Crippen LogP contribution in [0.2, 0.25) is 0 Å². The summed E-state index contributed by atoms with van der Waals surface area (Å²) in [4.78, 5) is 9.93. The first kappa shape index (κ1) is 10.8. The van der Waals surface area contributed by atoms with Crippen LogP contribution in [0.4, 0.5) is 5.69 Å². The lowest BCUT2D eigenvalue weighted by atomic mass is 10.2. The van der Waals surface area contributed by atoms with Crippen molar-refractivity contribution in [2.75, 3.05) is 5.32 Å². The Balaban J connectivity index is 2.70. The second-order valence-electron chi connectivity index (χ2n) is 2.48. The Labute approximate surface area is 91.2 Å². The van der Waals surface area contributed by atoms with Gasteiger partial charge in [-0.2, -0.15) is 5.26 Å². The Hall–Kier alpha value is -1.24. The van der Waals surface area contributed by atoms with Crippen LogP contribution in [0.25, 0.3) is 0 Å². The van der Waals surface area contributed by atoms with Crippen molar-refractivity contribution in [3.8, 4) is 6.07 Å². The van der Waals surface area contributed by atoms with Gasteiger partial charge in [0.15, 0.2) is 4.84 Å². The van der Waals surface area contributed by atoms with Crippen molar-refractivity contribution in [3.05, 3.63) is 29.8 Å².